The van der Waals surface area contributed by atoms with Gasteiger partial charge in [0.05, 0.1) is 0 Å². The summed E-state index contributed by atoms with van der Waals surface area (Å²) in [6.45, 7) is 3.55. The first-order chi connectivity index (χ1) is 6.99. The molecule has 2 nitrogen and oxygen atoms in total. The van der Waals surface area contributed by atoms with Crippen molar-refractivity contribution in [1.29, 1.82) is 0 Å². The Balaban J connectivity index is 2.87. The molecular weight excluding hydrogens is 225 g/mol. The average molecular weight is 236 g/mol. The van der Waals surface area contributed by atoms with Crippen molar-refractivity contribution in [3.8, 4) is 0 Å². The monoisotopic (exact) mass is 236 g/mol. The van der Waals surface area contributed by atoms with Crippen molar-refractivity contribution in [2.75, 3.05) is 7.05 Å². The first-order valence-electron chi connectivity index (χ1n) is 4.30. The summed E-state index contributed by atoms with van der Waals surface area (Å²) in [5, 5.41) is 2.11. The Labute approximate surface area is 89.8 Å². The van der Waals surface area contributed by atoms with Crippen molar-refractivity contribution in [2.24, 2.45) is 0 Å². The van der Waals surface area contributed by atoms with Crippen LogP contribution in [0.15, 0.2) is 18.9 Å². The summed E-state index contributed by atoms with van der Waals surface area (Å²) in [6.07, 6.45) is -0.850. The lowest BCUT2D eigenvalue weighted by Gasteiger charge is -2.10. The third kappa shape index (κ3) is 3.04. The number of halogens is 3. The highest BCUT2D eigenvalue weighted by atomic mass is 32.1. The van der Waals surface area contributed by atoms with Crippen LogP contribution >= 0.6 is 11.3 Å². The second kappa shape index (κ2) is 4.76. The quantitative estimate of drug-likeness (QED) is 0.813. The van der Waals surface area contributed by atoms with Crippen molar-refractivity contribution < 1.29 is 13.2 Å². The largest absolute Gasteiger partial charge is 0.443 e. The van der Waals surface area contributed by atoms with Crippen LogP contribution in [0.1, 0.15) is 22.3 Å². The normalized spacial score (nSPS) is 13.9. The van der Waals surface area contributed by atoms with Crippen molar-refractivity contribution >= 4 is 11.3 Å². The molecule has 0 radical (unpaired) electrons. The zero-order valence-electron chi connectivity index (χ0n) is 8.14. The second-order valence-corrected chi connectivity index (χ2v) is 3.99. The van der Waals surface area contributed by atoms with E-state index in [1.807, 2.05) is 0 Å². The highest BCUT2D eigenvalue weighted by Crippen LogP contribution is 2.34. The highest BCUT2D eigenvalue weighted by molar-refractivity contribution is 7.11. The van der Waals surface area contributed by atoms with Gasteiger partial charge in [0.1, 0.15) is 0 Å². The average Bonchev–Trinajstić information content (AvgIpc) is 2.62. The van der Waals surface area contributed by atoms with Crippen LogP contribution in [0.3, 0.4) is 0 Å². The summed E-state index contributed by atoms with van der Waals surface area (Å²) < 4.78 is 36.8. The number of hydrogen-bond acceptors (Lipinski definition) is 3. The van der Waals surface area contributed by atoms with Crippen LogP contribution in [0.5, 0.6) is 0 Å². The molecular formula is C9H11F3N2S. The van der Waals surface area contributed by atoms with Gasteiger partial charge in [0.25, 0.3) is 0 Å². The molecule has 15 heavy (non-hydrogen) atoms. The maximum absolute atomic E-state index is 12.3. The van der Waals surface area contributed by atoms with Gasteiger partial charge < -0.3 is 5.32 Å². The topological polar surface area (TPSA) is 24.9 Å². The standard InChI is InChI=1S/C9H11F3N2S/c1-3-4-6(13-2)7-5-14-8(15-7)9(10,11)12/h3,5-6,13H,1,4H2,2H3. The van der Waals surface area contributed by atoms with Crippen LogP contribution in [-0.2, 0) is 6.18 Å². The van der Waals surface area contributed by atoms with Gasteiger partial charge in [0, 0.05) is 17.1 Å². The van der Waals surface area contributed by atoms with Gasteiger partial charge in [-0.15, -0.1) is 17.9 Å². The molecule has 1 N–H and O–H groups in total. The van der Waals surface area contributed by atoms with Crippen LogP contribution in [0.4, 0.5) is 13.2 Å². The Bertz CT molecular complexity index is 332. The molecule has 0 aromatic carbocycles. The SMILES string of the molecule is C=CCC(NC)c1cnc(C(F)(F)F)s1. The minimum absolute atomic E-state index is 0.143. The van der Waals surface area contributed by atoms with Crippen LogP contribution in [0.25, 0.3) is 0 Å². The Morgan fingerprint density at radius 1 is 1.67 bits per heavy atom. The van der Waals surface area contributed by atoms with E-state index in [9.17, 15) is 13.2 Å². The highest BCUT2D eigenvalue weighted by Gasteiger charge is 2.35. The minimum Gasteiger partial charge on any atom is -0.312 e. The molecule has 1 rings (SSSR count). The van der Waals surface area contributed by atoms with E-state index in [0.29, 0.717) is 22.6 Å². The Kier molecular flexibility index (Phi) is 3.87. The number of nitrogens with zero attached hydrogens (tertiary/aromatic N) is 1. The van der Waals surface area contributed by atoms with E-state index in [4.69, 9.17) is 0 Å². The fourth-order valence-electron chi connectivity index (χ4n) is 1.12. The lowest BCUT2D eigenvalue weighted by molar-refractivity contribution is -0.137. The van der Waals surface area contributed by atoms with Crippen LogP contribution in [0, 0.1) is 0 Å². The Hall–Kier alpha value is -0.880. The van der Waals surface area contributed by atoms with Crippen molar-refractivity contribution in [3.63, 3.8) is 0 Å². The summed E-state index contributed by atoms with van der Waals surface area (Å²) in [7, 11) is 1.70. The van der Waals surface area contributed by atoms with Crippen molar-refractivity contribution in [2.45, 2.75) is 18.6 Å². The molecule has 0 aliphatic carbocycles. The van der Waals surface area contributed by atoms with Crippen LogP contribution in [-0.4, -0.2) is 12.0 Å². The molecule has 6 heteroatoms. The molecule has 0 saturated carbocycles. The molecule has 0 bridgehead atoms. The summed E-state index contributed by atoms with van der Waals surface area (Å²) in [6, 6.07) is -0.143. The van der Waals surface area contributed by atoms with Gasteiger partial charge >= 0.3 is 6.18 Å². The number of aromatic nitrogens is 1. The summed E-state index contributed by atoms with van der Waals surface area (Å²) in [4.78, 5) is 3.93. The van der Waals surface area contributed by atoms with Gasteiger partial charge in [-0.05, 0) is 13.5 Å². The van der Waals surface area contributed by atoms with Gasteiger partial charge in [-0.2, -0.15) is 13.2 Å². The molecule has 0 amide bonds. The maximum atomic E-state index is 12.3. The summed E-state index contributed by atoms with van der Waals surface area (Å²) >= 11 is 0.666. The molecule has 1 heterocycles. The molecule has 1 aromatic rings. The molecule has 0 aliphatic heterocycles. The second-order valence-electron chi connectivity index (χ2n) is 2.93. The molecule has 1 unspecified atom stereocenters. The van der Waals surface area contributed by atoms with Crippen molar-refractivity contribution in [3.05, 3.63) is 28.7 Å². The maximum Gasteiger partial charge on any atom is 0.443 e. The molecule has 0 spiro atoms. The van der Waals surface area contributed by atoms with E-state index in [-0.39, 0.29) is 6.04 Å². The van der Waals surface area contributed by atoms with E-state index in [1.54, 1.807) is 13.1 Å². The van der Waals surface area contributed by atoms with E-state index in [0.717, 1.165) is 0 Å². The van der Waals surface area contributed by atoms with Gasteiger partial charge in [-0.1, -0.05) is 6.08 Å². The van der Waals surface area contributed by atoms with E-state index >= 15 is 0 Å². The first kappa shape index (κ1) is 12.2. The van der Waals surface area contributed by atoms with Gasteiger partial charge in [-0.25, -0.2) is 4.98 Å². The third-order valence-electron chi connectivity index (χ3n) is 1.86. The molecule has 0 saturated heterocycles. The van der Waals surface area contributed by atoms with Gasteiger partial charge in [-0.3, -0.25) is 0 Å². The molecule has 0 aliphatic rings. The first-order valence-corrected chi connectivity index (χ1v) is 5.11. The van der Waals surface area contributed by atoms with E-state index < -0.39 is 11.2 Å². The summed E-state index contributed by atoms with van der Waals surface area (Å²) in [5.74, 6) is 0. The zero-order chi connectivity index (χ0) is 11.5. The fourth-order valence-corrected chi connectivity index (χ4v) is 2.03. The smallest absolute Gasteiger partial charge is 0.312 e. The minimum atomic E-state index is -4.35. The summed E-state index contributed by atoms with van der Waals surface area (Å²) in [5.41, 5.74) is 0. The third-order valence-corrected chi connectivity index (χ3v) is 3.02. The van der Waals surface area contributed by atoms with Crippen LogP contribution < -0.4 is 5.32 Å². The lowest BCUT2D eigenvalue weighted by Crippen LogP contribution is -2.14. The molecule has 1 aromatic heterocycles. The molecule has 1 atom stereocenters. The number of alkyl halides is 3. The predicted octanol–water partition coefficient (Wildman–Crippen LogP) is 3.00. The van der Waals surface area contributed by atoms with Crippen molar-refractivity contribution in [1.82, 2.24) is 10.3 Å². The number of hydrogen-bond donors (Lipinski definition) is 1. The van der Waals surface area contributed by atoms with Crippen LogP contribution in [0.2, 0.25) is 0 Å². The number of thiazole rings is 1. The zero-order valence-corrected chi connectivity index (χ0v) is 8.95. The van der Waals surface area contributed by atoms with Gasteiger partial charge in [0.15, 0.2) is 5.01 Å². The number of rotatable bonds is 4. The van der Waals surface area contributed by atoms with Gasteiger partial charge in [0.2, 0.25) is 0 Å². The van der Waals surface area contributed by atoms with E-state index in [2.05, 4.69) is 16.9 Å². The Morgan fingerprint density at radius 2 is 2.33 bits per heavy atom. The molecule has 0 fully saturated rings. The predicted molar refractivity (Wildman–Crippen MR) is 53.7 cm³/mol. The van der Waals surface area contributed by atoms with E-state index in [1.165, 1.54) is 6.20 Å². The lowest BCUT2D eigenvalue weighted by atomic mass is 10.2. The number of nitrogens with one attached hydrogen (secondary N) is 1. The Morgan fingerprint density at radius 3 is 2.73 bits per heavy atom. The fraction of sp³-hybridized carbons (Fsp3) is 0.444. The molecule has 84 valence electrons.